The Morgan fingerprint density at radius 3 is 2.50 bits per heavy atom. The van der Waals surface area contributed by atoms with Crippen molar-refractivity contribution < 1.29 is 17.6 Å². The number of aromatic amines is 1. The maximum absolute atomic E-state index is 13.3. The lowest BCUT2D eigenvalue weighted by molar-refractivity contribution is -0.140. The molecule has 0 saturated carbocycles. The van der Waals surface area contributed by atoms with Crippen LogP contribution in [0.2, 0.25) is 0 Å². The molecule has 0 fully saturated rings. The average molecular weight is 440 g/mol. The molecule has 5 N–H and O–H groups in total. The molecule has 0 aliphatic heterocycles. The third-order valence-corrected chi connectivity index (χ3v) is 4.51. The van der Waals surface area contributed by atoms with Gasteiger partial charge in [0, 0.05) is 17.0 Å². The van der Waals surface area contributed by atoms with Gasteiger partial charge in [-0.1, -0.05) is 11.8 Å². The number of halogens is 3. The Bertz CT molecular complexity index is 1380. The summed E-state index contributed by atoms with van der Waals surface area (Å²) in [5.41, 5.74) is 12.4. The number of nitrogens with one attached hydrogen (secondary N) is 1. The van der Waals surface area contributed by atoms with Gasteiger partial charge < -0.3 is 15.9 Å². The summed E-state index contributed by atoms with van der Waals surface area (Å²) in [6.45, 7) is 5.95. The van der Waals surface area contributed by atoms with E-state index in [0.717, 1.165) is 0 Å². The molecule has 4 aromatic rings. The van der Waals surface area contributed by atoms with Crippen LogP contribution in [-0.4, -0.2) is 20.2 Å². The van der Waals surface area contributed by atoms with Crippen molar-refractivity contribution in [3.63, 3.8) is 0 Å². The lowest BCUT2D eigenvalue weighted by atomic mass is 9.96. The molecule has 0 spiro atoms. The molecule has 0 unspecified atom stereocenters. The van der Waals surface area contributed by atoms with Crippen LogP contribution in [0.15, 0.2) is 34.9 Å². The minimum atomic E-state index is -4.74. The monoisotopic (exact) mass is 440 g/mol. The number of alkyl halides is 3. The Morgan fingerprint density at radius 1 is 1.06 bits per heavy atom. The molecule has 10 heteroatoms. The number of H-pyrrole nitrogens is 1. The molecule has 1 aromatic carbocycles. The van der Waals surface area contributed by atoms with Gasteiger partial charge >= 0.3 is 6.18 Å². The van der Waals surface area contributed by atoms with Crippen LogP contribution in [0.3, 0.4) is 0 Å². The minimum absolute atomic E-state index is 0.0541. The topological polar surface area (TPSA) is 120 Å². The summed E-state index contributed by atoms with van der Waals surface area (Å²) >= 11 is 0. The van der Waals surface area contributed by atoms with Gasteiger partial charge in [0.25, 0.3) is 6.01 Å². The number of hydrogen-bond donors (Lipinski definition) is 3. The van der Waals surface area contributed by atoms with Crippen LogP contribution in [0.25, 0.3) is 33.5 Å². The number of aromatic nitrogens is 4. The molecular weight excluding hydrogens is 421 g/mol. The highest BCUT2D eigenvalue weighted by atomic mass is 19.4. The second-order valence-electron chi connectivity index (χ2n) is 8.21. The number of hydrogen-bond acceptors (Lipinski definition) is 6. The molecule has 4 rings (SSSR count). The maximum atomic E-state index is 13.3. The van der Waals surface area contributed by atoms with Crippen molar-refractivity contribution in [2.45, 2.75) is 26.9 Å². The van der Waals surface area contributed by atoms with Crippen molar-refractivity contribution in [1.29, 1.82) is 0 Å². The van der Waals surface area contributed by atoms with Gasteiger partial charge in [0.1, 0.15) is 5.69 Å². The van der Waals surface area contributed by atoms with E-state index in [4.69, 9.17) is 15.9 Å². The highest BCUT2D eigenvalue weighted by molar-refractivity contribution is 5.96. The Hall–Kier alpha value is -4.00. The van der Waals surface area contributed by atoms with Gasteiger partial charge in [-0.05, 0) is 56.2 Å². The highest BCUT2D eigenvalue weighted by Crippen LogP contribution is 2.38. The smallest absolute Gasteiger partial charge is 0.421 e. The first-order valence-corrected chi connectivity index (χ1v) is 9.53. The van der Waals surface area contributed by atoms with Gasteiger partial charge in [0.2, 0.25) is 0 Å². The number of oxazole rings is 1. The molecule has 164 valence electrons. The average Bonchev–Trinajstić information content (AvgIpc) is 3.29. The molecule has 0 radical (unpaired) electrons. The summed E-state index contributed by atoms with van der Waals surface area (Å²) in [6.07, 6.45) is -3.36. The van der Waals surface area contributed by atoms with Crippen molar-refractivity contribution in [2.24, 2.45) is 5.41 Å². The van der Waals surface area contributed by atoms with E-state index >= 15 is 0 Å². The van der Waals surface area contributed by atoms with E-state index < -0.39 is 23.6 Å². The van der Waals surface area contributed by atoms with Gasteiger partial charge in [0.05, 0.1) is 11.1 Å². The summed E-state index contributed by atoms with van der Waals surface area (Å²) in [4.78, 5) is 7.29. The van der Waals surface area contributed by atoms with Crippen molar-refractivity contribution in [3.05, 3.63) is 41.7 Å². The van der Waals surface area contributed by atoms with Crippen molar-refractivity contribution >= 4 is 22.7 Å². The van der Waals surface area contributed by atoms with Gasteiger partial charge in [0.15, 0.2) is 17.3 Å². The number of nitrogens with two attached hydrogens (primary N) is 2. The maximum Gasteiger partial charge on any atom is 0.437 e. The Labute approximate surface area is 181 Å². The zero-order chi connectivity index (χ0) is 23.3. The van der Waals surface area contributed by atoms with E-state index in [-0.39, 0.29) is 16.9 Å². The summed E-state index contributed by atoms with van der Waals surface area (Å²) in [7, 11) is 0. The summed E-state index contributed by atoms with van der Waals surface area (Å²) in [5.74, 6) is 6.05. The second kappa shape index (κ2) is 7.30. The standard InChI is InChI=1S/C22H19F3N6O/c1-21(2,3)6-4-12-8-13(9-14-16(12)30-31-19(14)26)11-5-7-28-15(10-11)17-18(22(23,24)25)29-20(27)32-17/h5,7-10H,1-3H3,(H2,27,29)(H3,26,30,31). The molecule has 0 atom stereocenters. The molecule has 0 saturated heterocycles. The van der Waals surface area contributed by atoms with Crippen molar-refractivity contribution in [1.82, 2.24) is 20.2 Å². The quantitative estimate of drug-likeness (QED) is 0.383. The molecular formula is C22H19F3N6O. The fraction of sp³-hybridized carbons (Fsp3) is 0.227. The Kier molecular flexibility index (Phi) is 4.85. The number of rotatable bonds is 2. The van der Waals surface area contributed by atoms with E-state index in [0.29, 0.717) is 27.6 Å². The van der Waals surface area contributed by atoms with Crippen LogP contribution in [0.5, 0.6) is 0 Å². The molecule has 0 bridgehead atoms. The zero-order valence-electron chi connectivity index (χ0n) is 17.4. The molecule has 7 nitrogen and oxygen atoms in total. The number of pyridine rings is 1. The third-order valence-electron chi connectivity index (χ3n) is 4.51. The molecule has 3 heterocycles. The third kappa shape index (κ3) is 4.09. The van der Waals surface area contributed by atoms with Crippen LogP contribution in [0.1, 0.15) is 32.0 Å². The van der Waals surface area contributed by atoms with Gasteiger partial charge in [-0.15, -0.1) is 0 Å². The number of nitrogen functional groups attached to an aromatic ring is 2. The van der Waals surface area contributed by atoms with Crippen LogP contribution >= 0.6 is 0 Å². The first kappa shape index (κ1) is 21.2. The summed E-state index contributed by atoms with van der Waals surface area (Å²) in [6, 6.07) is 6.14. The Morgan fingerprint density at radius 2 is 1.81 bits per heavy atom. The predicted octanol–water partition coefficient (Wildman–Crippen LogP) is 4.86. The normalized spacial score (nSPS) is 12.1. The van der Waals surface area contributed by atoms with E-state index in [1.54, 1.807) is 12.1 Å². The zero-order valence-corrected chi connectivity index (χ0v) is 17.4. The van der Waals surface area contributed by atoms with Crippen LogP contribution in [-0.2, 0) is 6.18 Å². The Balaban J connectivity index is 1.88. The number of fused-ring (bicyclic) bond motifs is 1. The van der Waals surface area contributed by atoms with Crippen LogP contribution in [0, 0.1) is 17.3 Å². The minimum Gasteiger partial charge on any atom is -0.421 e. The van der Waals surface area contributed by atoms with Crippen molar-refractivity contribution in [3.8, 4) is 34.4 Å². The van der Waals surface area contributed by atoms with Crippen molar-refractivity contribution in [2.75, 3.05) is 11.5 Å². The highest BCUT2D eigenvalue weighted by Gasteiger charge is 2.39. The molecule has 0 aliphatic carbocycles. The van der Waals surface area contributed by atoms with Gasteiger partial charge in [-0.2, -0.15) is 23.3 Å². The van der Waals surface area contributed by atoms with E-state index in [1.165, 1.54) is 12.3 Å². The molecule has 0 amide bonds. The van der Waals surface area contributed by atoms with Gasteiger partial charge in [-0.3, -0.25) is 10.1 Å². The second-order valence-corrected chi connectivity index (χ2v) is 8.21. The fourth-order valence-corrected chi connectivity index (χ4v) is 3.10. The fourth-order valence-electron chi connectivity index (χ4n) is 3.10. The van der Waals surface area contributed by atoms with Crippen LogP contribution < -0.4 is 11.5 Å². The van der Waals surface area contributed by atoms with Gasteiger partial charge in [-0.25, -0.2) is 0 Å². The SMILES string of the molecule is CC(C)(C)C#Cc1cc(-c2ccnc(-c3oc(N)nc3C(F)(F)F)c2)cc2c(N)n[nH]c12. The number of benzene rings is 1. The number of nitrogens with zero attached hydrogens (tertiary/aromatic N) is 3. The van der Waals surface area contributed by atoms with E-state index in [1.807, 2.05) is 26.8 Å². The first-order chi connectivity index (χ1) is 14.9. The van der Waals surface area contributed by atoms with Crippen LogP contribution in [0.4, 0.5) is 25.0 Å². The van der Waals surface area contributed by atoms with E-state index in [2.05, 4.69) is 32.0 Å². The molecule has 3 aromatic heterocycles. The number of anilines is 2. The molecule has 0 aliphatic rings. The largest absolute Gasteiger partial charge is 0.437 e. The summed E-state index contributed by atoms with van der Waals surface area (Å²) < 4.78 is 45.1. The van der Waals surface area contributed by atoms with E-state index in [9.17, 15) is 13.2 Å². The lowest BCUT2D eigenvalue weighted by Gasteiger charge is -2.09. The predicted molar refractivity (Wildman–Crippen MR) is 115 cm³/mol. The lowest BCUT2D eigenvalue weighted by Crippen LogP contribution is -2.07. The first-order valence-electron chi connectivity index (χ1n) is 9.53. The summed E-state index contributed by atoms with van der Waals surface area (Å²) in [5, 5.41) is 7.59. The molecule has 32 heavy (non-hydrogen) atoms.